The Labute approximate surface area is 163 Å². The van der Waals surface area contributed by atoms with E-state index in [1.54, 1.807) is 13.3 Å². The van der Waals surface area contributed by atoms with Crippen LogP contribution in [0.3, 0.4) is 0 Å². The molecule has 0 aliphatic carbocycles. The van der Waals surface area contributed by atoms with E-state index in [4.69, 9.17) is 4.74 Å². The number of nitrogens with zero attached hydrogens (tertiary/aromatic N) is 4. The fraction of sp³-hybridized carbons (Fsp3) is 0.714. The molecule has 2 aliphatic rings. The van der Waals surface area contributed by atoms with Crippen LogP contribution < -0.4 is 0 Å². The second-order valence-corrected chi connectivity index (χ2v) is 7.94. The number of methoxy groups -OCH3 is 1. The van der Waals surface area contributed by atoms with Crippen LogP contribution in [0.4, 0.5) is 0 Å². The summed E-state index contributed by atoms with van der Waals surface area (Å²) in [6.07, 6.45) is 6.34. The predicted molar refractivity (Wildman–Crippen MR) is 106 cm³/mol. The number of ether oxygens (including phenoxy) is 1. The van der Waals surface area contributed by atoms with E-state index in [1.807, 2.05) is 23.1 Å². The second kappa shape index (κ2) is 10.2. The van der Waals surface area contributed by atoms with E-state index in [1.165, 1.54) is 25.9 Å². The van der Waals surface area contributed by atoms with Gasteiger partial charge in [0.1, 0.15) is 0 Å². The third-order valence-electron chi connectivity index (χ3n) is 5.96. The Kier molecular flexibility index (Phi) is 7.61. The van der Waals surface area contributed by atoms with Gasteiger partial charge in [-0.05, 0) is 64.5 Å². The topological polar surface area (TPSA) is 48.9 Å². The first kappa shape index (κ1) is 20.2. The van der Waals surface area contributed by atoms with Crippen molar-refractivity contribution in [3.8, 4) is 0 Å². The van der Waals surface area contributed by atoms with Gasteiger partial charge in [0.2, 0.25) is 5.91 Å². The lowest BCUT2D eigenvalue weighted by molar-refractivity contribution is -0.139. The van der Waals surface area contributed by atoms with Crippen molar-refractivity contribution < 1.29 is 9.53 Å². The highest BCUT2D eigenvalue weighted by atomic mass is 16.5. The molecule has 0 N–H and O–H groups in total. The maximum Gasteiger partial charge on any atom is 0.227 e. The molecule has 3 rings (SSSR count). The van der Waals surface area contributed by atoms with Gasteiger partial charge in [-0.1, -0.05) is 6.07 Å². The number of amides is 1. The highest BCUT2D eigenvalue weighted by Crippen LogP contribution is 2.25. The van der Waals surface area contributed by atoms with E-state index in [-0.39, 0.29) is 11.8 Å². The van der Waals surface area contributed by atoms with Crippen molar-refractivity contribution in [2.45, 2.75) is 38.3 Å². The molecule has 2 saturated heterocycles. The Balaban J connectivity index is 1.61. The van der Waals surface area contributed by atoms with Crippen molar-refractivity contribution in [2.75, 3.05) is 53.5 Å². The molecule has 0 spiro atoms. The molecule has 3 heterocycles. The van der Waals surface area contributed by atoms with Crippen molar-refractivity contribution in [3.63, 3.8) is 0 Å². The Bertz CT molecular complexity index is 575. The number of aromatic nitrogens is 1. The molecule has 27 heavy (non-hydrogen) atoms. The molecule has 1 atom stereocenters. The SMILES string of the molecule is COCCN(Cc1ccccn1)C(=O)C1CCCN(C2CCN(C)CC2)C1. The smallest absolute Gasteiger partial charge is 0.227 e. The largest absolute Gasteiger partial charge is 0.383 e. The number of pyridine rings is 1. The third-order valence-corrected chi connectivity index (χ3v) is 5.96. The first-order valence-electron chi connectivity index (χ1n) is 10.3. The predicted octanol–water partition coefficient (Wildman–Crippen LogP) is 1.86. The molecular weight excluding hydrogens is 340 g/mol. The summed E-state index contributed by atoms with van der Waals surface area (Å²) in [5, 5.41) is 0. The summed E-state index contributed by atoms with van der Waals surface area (Å²) in [4.78, 5) is 24.6. The van der Waals surface area contributed by atoms with E-state index in [9.17, 15) is 4.79 Å². The van der Waals surface area contributed by atoms with E-state index in [2.05, 4.69) is 21.8 Å². The molecule has 2 aliphatic heterocycles. The molecule has 2 fully saturated rings. The van der Waals surface area contributed by atoms with Crippen LogP contribution in [-0.4, -0.2) is 85.1 Å². The molecular formula is C21H34N4O2. The Morgan fingerprint density at radius 1 is 1.26 bits per heavy atom. The lowest BCUT2D eigenvalue weighted by Crippen LogP contribution is -2.51. The van der Waals surface area contributed by atoms with Crippen molar-refractivity contribution in [2.24, 2.45) is 5.92 Å². The molecule has 1 aromatic rings. The summed E-state index contributed by atoms with van der Waals surface area (Å²) < 4.78 is 5.24. The van der Waals surface area contributed by atoms with Gasteiger partial charge in [-0.2, -0.15) is 0 Å². The van der Waals surface area contributed by atoms with Crippen LogP contribution in [0.25, 0.3) is 0 Å². The monoisotopic (exact) mass is 374 g/mol. The van der Waals surface area contributed by atoms with Gasteiger partial charge in [0, 0.05) is 32.4 Å². The van der Waals surface area contributed by atoms with Crippen LogP contribution in [0.15, 0.2) is 24.4 Å². The van der Waals surface area contributed by atoms with Gasteiger partial charge in [0.15, 0.2) is 0 Å². The van der Waals surface area contributed by atoms with E-state index in [0.29, 0.717) is 25.7 Å². The summed E-state index contributed by atoms with van der Waals surface area (Å²) in [6.45, 7) is 6.11. The van der Waals surface area contributed by atoms with Gasteiger partial charge < -0.3 is 14.5 Å². The molecule has 150 valence electrons. The van der Waals surface area contributed by atoms with E-state index in [0.717, 1.165) is 31.6 Å². The van der Waals surface area contributed by atoms with Gasteiger partial charge in [-0.3, -0.25) is 14.7 Å². The molecule has 0 aromatic carbocycles. The number of carbonyl (C=O) groups is 1. The minimum absolute atomic E-state index is 0.0963. The van der Waals surface area contributed by atoms with Gasteiger partial charge in [-0.15, -0.1) is 0 Å². The lowest BCUT2D eigenvalue weighted by atomic mass is 9.93. The summed E-state index contributed by atoms with van der Waals surface area (Å²) in [5.41, 5.74) is 0.935. The Morgan fingerprint density at radius 3 is 2.78 bits per heavy atom. The fourth-order valence-corrected chi connectivity index (χ4v) is 4.31. The molecule has 1 amide bonds. The molecule has 6 nitrogen and oxygen atoms in total. The molecule has 0 saturated carbocycles. The highest BCUT2D eigenvalue weighted by molar-refractivity contribution is 5.79. The van der Waals surface area contributed by atoms with Crippen LogP contribution in [0.2, 0.25) is 0 Å². The normalized spacial score (nSPS) is 22.7. The maximum absolute atomic E-state index is 13.3. The molecule has 0 radical (unpaired) electrons. The molecule has 1 aromatic heterocycles. The Hall–Kier alpha value is -1.50. The van der Waals surface area contributed by atoms with Gasteiger partial charge >= 0.3 is 0 Å². The molecule has 1 unspecified atom stereocenters. The van der Waals surface area contributed by atoms with Crippen molar-refractivity contribution in [1.82, 2.24) is 19.7 Å². The number of rotatable bonds is 7. The zero-order chi connectivity index (χ0) is 19.1. The number of hydrogen-bond donors (Lipinski definition) is 0. The third kappa shape index (κ3) is 5.74. The minimum atomic E-state index is 0.0963. The van der Waals surface area contributed by atoms with Crippen LogP contribution in [-0.2, 0) is 16.1 Å². The maximum atomic E-state index is 13.3. The van der Waals surface area contributed by atoms with Gasteiger partial charge in [0.05, 0.1) is 24.8 Å². The van der Waals surface area contributed by atoms with Crippen molar-refractivity contribution in [3.05, 3.63) is 30.1 Å². The zero-order valence-electron chi connectivity index (χ0n) is 16.8. The second-order valence-electron chi connectivity index (χ2n) is 7.94. The van der Waals surface area contributed by atoms with Crippen molar-refractivity contribution >= 4 is 5.91 Å². The van der Waals surface area contributed by atoms with Crippen molar-refractivity contribution in [1.29, 1.82) is 0 Å². The summed E-state index contributed by atoms with van der Waals surface area (Å²) >= 11 is 0. The first-order valence-corrected chi connectivity index (χ1v) is 10.3. The average Bonchev–Trinajstić information content (AvgIpc) is 2.72. The van der Waals surface area contributed by atoms with E-state index >= 15 is 0 Å². The van der Waals surface area contributed by atoms with E-state index < -0.39 is 0 Å². The van der Waals surface area contributed by atoms with Gasteiger partial charge in [0.25, 0.3) is 0 Å². The quantitative estimate of drug-likeness (QED) is 0.729. The Morgan fingerprint density at radius 2 is 2.07 bits per heavy atom. The van der Waals surface area contributed by atoms with Crippen LogP contribution in [0.5, 0.6) is 0 Å². The number of likely N-dealkylation sites (tertiary alicyclic amines) is 2. The summed E-state index contributed by atoms with van der Waals surface area (Å²) in [7, 11) is 3.88. The minimum Gasteiger partial charge on any atom is -0.383 e. The van der Waals surface area contributed by atoms with Crippen LogP contribution in [0, 0.1) is 5.92 Å². The van der Waals surface area contributed by atoms with Crippen LogP contribution in [0.1, 0.15) is 31.4 Å². The number of carbonyl (C=O) groups excluding carboxylic acids is 1. The van der Waals surface area contributed by atoms with Gasteiger partial charge in [-0.25, -0.2) is 0 Å². The summed E-state index contributed by atoms with van der Waals surface area (Å²) in [6, 6.07) is 6.51. The number of hydrogen-bond acceptors (Lipinski definition) is 5. The standard InChI is InChI=1S/C21H34N4O2/c1-23-12-8-20(9-13-23)24-11-5-6-18(16-24)21(26)25(14-15-27-2)17-19-7-3-4-10-22-19/h3-4,7,10,18,20H,5-6,8-9,11-17H2,1-2H3. The fourth-order valence-electron chi connectivity index (χ4n) is 4.31. The lowest BCUT2D eigenvalue weighted by Gasteiger charge is -2.42. The first-order chi connectivity index (χ1) is 13.2. The van der Waals surface area contributed by atoms with Crippen LogP contribution >= 0.6 is 0 Å². The summed E-state index contributed by atoms with van der Waals surface area (Å²) in [5.74, 6) is 0.356. The zero-order valence-corrected chi connectivity index (χ0v) is 16.8. The number of piperidine rings is 2. The molecule has 0 bridgehead atoms. The average molecular weight is 375 g/mol. The highest BCUT2D eigenvalue weighted by Gasteiger charge is 2.33. The molecule has 6 heteroatoms.